The number of hydrogen-bond acceptors (Lipinski definition) is 8. The van der Waals surface area contributed by atoms with Gasteiger partial charge in [-0.25, -0.2) is 16.8 Å². The summed E-state index contributed by atoms with van der Waals surface area (Å²) in [4.78, 5) is 3.30. The molecule has 1 aliphatic heterocycles. The molecule has 1 unspecified atom stereocenters. The van der Waals surface area contributed by atoms with Crippen molar-refractivity contribution in [1.82, 2.24) is 10.2 Å². The van der Waals surface area contributed by atoms with Gasteiger partial charge in [0.25, 0.3) is 0 Å². The molecule has 1 N–H and O–H groups in total. The number of nitrogens with zero attached hydrogens (tertiary/aromatic N) is 1. The van der Waals surface area contributed by atoms with Crippen molar-refractivity contribution < 1.29 is 21.6 Å². The van der Waals surface area contributed by atoms with Gasteiger partial charge in [0, 0.05) is 17.5 Å². The molecule has 1 aliphatic rings. The third kappa shape index (κ3) is 4.88. The Hall–Kier alpha value is -1.46. The lowest BCUT2D eigenvalue weighted by Crippen LogP contribution is -2.46. The highest BCUT2D eigenvalue weighted by Crippen LogP contribution is 2.30. The van der Waals surface area contributed by atoms with Crippen LogP contribution >= 0.6 is 11.3 Å². The Labute approximate surface area is 182 Å². The SMILES string of the molecule is COc1ccc(S(=O)(=O)[C@H]2CS(=O)(=O)C[C@@H]2NCC(c2cccs2)N(C)C)cc1C. The van der Waals surface area contributed by atoms with Crippen LogP contribution in [0.2, 0.25) is 0 Å². The molecule has 10 heteroatoms. The van der Waals surface area contributed by atoms with E-state index >= 15 is 0 Å². The molecule has 1 fully saturated rings. The van der Waals surface area contributed by atoms with Crippen LogP contribution in [0.15, 0.2) is 40.6 Å². The van der Waals surface area contributed by atoms with Crippen molar-refractivity contribution in [3.05, 3.63) is 46.2 Å². The van der Waals surface area contributed by atoms with E-state index in [9.17, 15) is 16.8 Å². The molecule has 2 aromatic rings. The van der Waals surface area contributed by atoms with Gasteiger partial charge in [-0.3, -0.25) is 0 Å². The predicted molar refractivity (Wildman–Crippen MR) is 120 cm³/mol. The Morgan fingerprint density at radius 1 is 1.27 bits per heavy atom. The molecule has 0 amide bonds. The number of hydrogen-bond donors (Lipinski definition) is 1. The molecular weight excluding hydrogens is 444 g/mol. The van der Waals surface area contributed by atoms with E-state index in [-0.39, 0.29) is 22.4 Å². The van der Waals surface area contributed by atoms with Crippen molar-refractivity contribution in [2.24, 2.45) is 0 Å². The molecule has 7 nitrogen and oxygen atoms in total. The van der Waals surface area contributed by atoms with E-state index < -0.39 is 31.0 Å². The van der Waals surface area contributed by atoms with E-state index in [1.807, 2.05) is 36.5 Å². The fraction of sp³-hybridized carbons (Fsp3) is 0.500. The van der Waals surface area contributed by atoms with Gasteiger partial charge in [-0.05, 0) is 56.2 Å². The Bertz CT molecular complexity index is 1080. The second-order valence-corrected chi connectivity index (χ2v) is 13.1. The Kier molecular flexibility index (Phi) is 6.93. The van der Waals surface area contributed by atoms with Crippen molar-refractivity contribution in [2.75, 3.05) is 39.3 Å². The Balaban J connectivity index is 1.86. The van der Waals surface area contributed by atoms with Crippen molar-refractivity contribution in [2.45, 2.75) is 29.2 Å². The fourth-order valence-electron chi connectivity index (χ4n) is 3.80. The second-order valence-electron chi connectivity index (χ2n) is 7.80. The summed E-state index contributed by atoms with van der Waals surface area (Å²) in [5.74, 6) is 0.0350. The monoisotopic (exact) mass is 472 g/mol. The molecule has 30 heavy (non-hydrogen) atoms. The molecule has 0 radical (unpaired) electrons. The minimum absolute atomic E-state index is 0.0277. The summed E-state index contributed by atoms with van der Waals surface area (Å²) in [7, 11) is -1.87. The van der Waals surface area contributed by atoms with Gasteiger partial charge in [-0.15, -0.1) is 11.3 Å². The van der Waals surface area contributed by atoms with E-state index in [1.54, 1.807) is 30.4 Å². The van der Waals surface area contributed by atoms with Crippen LogP contribution in [0.4, 0.5) is 0 Å². The molecule has 3 atom stereocenters. The number of nitrogens with one attached hydrogen (secondary N) is 1. The van der Waals surface area contributed by atoms with E-state index in [0.29, 0.717) is 17.9 Å². The minimum Gasteiger partial charge on any atom is -0.496 e. The largest absolute Gasteiger partial charge is 0.496 e. The summed E-state index contributed by atoms with van der Waals surface area (Å²) in [6, 6.07) is 7.99. The van der Waals surface area contributed by atoms with Crippen molar-refractivity contribution >= 4 is 31.0 Å². The average Bonchev–Trinajstić information content (AvgIpc) is 3.29. The molecule has 1 aromatic heterocycles. The fourth-order valence-corrected chi connectivity index (χ4v) is 9.52. The third-order valence-corrected chi connectivity index (χ3v) is 10.6. The zero-order chi connectivity index (χ0) is 22.1. The molecule has 1 aromatic carbocycles. The maximum Gasteiger partial charge on any atom is 0.183 e. The normalized spacial score (nSPS) is 22.3. The van der Waals surface area contributed by atoms with Crippen LogP contribution in [0.3, 0.4) is 0 Å². The van der Waals surface area contributed by atoms with E-state index in [0.717, 1.165) is 4.88 Å². The number of thiophene rings is 1. The summed E-state index contributed by atoms with van der Waals surface area (Å²) in [5.41, 5.74) is 0.689. The number of methoxy groups -OCH3 is 1. The topological polar surface area (TPSA) is 92.8 Å². The van der Waals surface area contributed by atoms with Crippen LogP contribution in [0.1, 0.15) is 16.5 Å². The molecule has 2 heterocycles. The van der Waals surface area contributed by atoms with Gasteiger partial charge in [0.05, 0.1) is 34.8 Å². The summed E-state index contributed by atoms with van der Waals surface area (Å²) in [6.07, 6.45) is 0. The van der Waals surface area contributed by atoms with Crippen LogP contribution in [0.25, 0.3) is 0 Å². The lowest BCUT2D eigenvalue weighted by Gasteiger charge is -2.27. The molecule has 0 spiro atoms. The zero-order valence-corrected chi connectivity index (χ0v) is 20.0. The standard InChI is InChI=1S/C20H28N2O5S3/c1-14-10-15(7-8-18(14)27-4)30(25,26)20-13-29(23,24)12-16(20)21-11-17(22(2)3)19-6-5-9-28-19/h5-10,16-17,20-21H,11-13H2,1-4H3/t16-,17?,20-/m0/s1. The molecule has 166 valence electrons. The van der Waals surface area contributed by atoms with Crippen molar-refractivity contribution in [3.8, 4) is 5.75 Å². The number of rotatable bonds is 8. The maximum absolute atomic E-state index is 13.3. The lowest BCUT2D eigenvalue weighted by molar-refractivity contribution is 0.285. The maximum atomic E-state index is 13.3. The predicted octanol–water partition coefficient (Wildman–Crippen LogP) is 1.90. The highest BCUT2D eigenvalue weighted by Gasteiger charge is 2.46. The van der Waals surface area contributed by atoms with Crippen LogP contribution in [-0.2, 0) is 19.7 Å². The lowest BCUT2D eigenvalue weighted by atomic mass is 10.2. The molecular formula is C20H28N2O5S3. The van der Waals surface area contributed by atoms with Crippen LogP contribution in [0, 0.1) is 6.92 Å². The number of likely N-dealkylation sites (N-methyl/N-ethyl adjacent to an activating group) is 1. The highest BCUT2D eigenvalue weighted by atomic mass is 32.2. The first kappa shape index (κ1) is 23.2. The van der Waals surface area contributed by atoms with Gasteiger partial charge in [-0.2, -0.15) is 0 Å². The van der Waals surface area contributed by atoms with Gasteiger partial charge in [0.2, 0.25) is 0 Å². The van der Waals surface area contributed by atoms with Crippen LogP contribution in [0.5, 0.6) is 5.75 Å². The third-order valence-electron chi connectivity index (χ3n) is 5.46. The summed E-state index contributed by atoms with van der Waals surface area (Å²) >= 11 is 1.62. The van der Waals surface area contributed by atoms with E-state index in [1.165, 1.54) is 13.2 Å². The first-order valence-corrected chi connectivity index (χ1v) is 13.8. The molecule has 3 rings (SSSR count). The van der Waals surface area contributed by atoms with Gasteiger partial charge >= 0.3 is 0 Å². The highest BCUT2D eigenvalue weighted by molar-refractivity contribution is 7.96. The summed E-state index contributed by atoms with van der Waals surface area (Å²) in [5, 5.41) is 4.22. The van der Waals surface area contributed by atoms with E-state index in [2.05, 4.69) is 5.32 Å². The van der Waals surface area contributed by atoms with Crippen molar-refractivity contribution in [3.63, 3.8) is 0 Å². The molecule has 1 saturated heterocycles. The van der Waals surface area contributed by atoms with Gasteiger partial charge < -0.3 is 15.0 Å². The van der Waals surface area contributed by atoms with Crippen molar-refractivity contribution in [1.29, 1.82) is 0 Å². The Morgan fingerprint density at radius 2 is 2.00 bits per heavy atom. The molecule has 0 bridgehead atoms. The van der Waals surface area contributed by atoms with E-state index in [4.69, 9.17) is 4.74 Å². The van der Waals surface area contributed by atoms with Gasteiger partial charge in [-0.1, -0.05) is 6.07 Å². The summed E-state index contributed by atoms with van der Waals surface area (Å²) < 4.78 is 56.6. The first-order valence-electron chi connectivity index (χ1n) is 9.57. The number of ether oxygens (including phenoxy) is 1. The zero-order valence-electron chi connectivity index (χ0n) is 17.5. The smallest absolute Gasteiger partial charge is 0.183 e. The van der Waals surface area contributed by atoms with Gasteiger partial charge in [0.1, 0.15) is 5.75 Å². The average molecular weight is 473 g/mol. The number of benzene rings is 1. The second kappa shape index (κ2) is 8.96. The van der Waals surface area contributed by atoms with Gasteiger partial charge in [0.15, 0.2) is 19.7 Å². The quantitative estimate of drug-likeness (QED) is 0.627. The number of aryl methyl sites for hydroxylation is 1. The minimum atomic E-state index is -3.84. The Morgan fingerprint density at radius 3 is 2.57 bits per heavy atom. The number of sulfone groups is 2. The summed E-state index contributed by atoms with van der Waals surface area (Å²) in [6.45, 7) is 2.23. The van der Waals surface area contributed by atoms with Crippen LogP contribution in [-0.4, -0.2) is 72.3 Å². The molecule has 0 saturated carbocycles. The molecule has 0 aliphatic carbocycles. The van der Waals surface area contributed by atoms with Crippen LogP contribution < -0.4 is 10.1 Å². The first-order chi connectivity index (χ1) is 14.0.